The fraction of sp³-hybridized carbons (Fsp3) is 0.150. The highest BCUT2D eigenvalue weighted by atomic mass is 16.5. The zero-order valence-electron chi connectivity index (χ0n) is 13.2. The molecule has 1 N–H and O–H groups in total. The normalized spacial score (nSPS) is 11.4. The van der Waals surface area contributed by atoms with E-state index < -0.39 is 0 Å². The van der Waals surface area contributed by atoms with Crippen LogP contribution < -0.4 is 5.32 Å². The Bertz CT molecular complexity index is 661. The van der Waals surface area contributed by atoms with Crippen LogP contribution in [0.1, 0.15) is 18.1 Å². The zero-order valence-corrected chi connectivity index (χ0v) is 13.2. The molecule has 0 aliphatic heterocycles. The lowest BCUT2D eigenvalue weighted by Gasteiger charge is -2.06. The number of carbonyl (C=O) groups excluding carboxylic acids is 1. The summed E-state index contributed by atoms with van der Waals surface area (Å²) in [5.74, 6) is -0.347. The molecule has 0 bridgehead atoms. The Morgan fingerprint density at radius 1 is 1.04 bits per heavy atom. The first-order chi connectivity index (χ1) is 11.2. The predicted octanol–water partition coefficient (Wildman–Crippen LogP) is 3.94. The molecule has 2 aromatic carbocycles. The molecule has 3 nitrogen and oxygen atoms in total. The van der Waals surface area contributed by atoms with Gasteiger partial charge in [-0.05, 0) is 24.1 Å². The Kier molecular flexibility index (Phi) is 6.66. The largest absolute Gasteiger partial charge is 0.458 e. The highest BCUT2D eigenvalue weighted by molar-refractivity contribution is 5.82. The lowest BCUT2D eigenvalue weighted by Crippen LogP contribution is -2.13. The van der Waals surface area contributed by atoms with Crippen molar-refractivity contribution >= 4 is 12.0 Å². The molecule has 0 fully saturated rings. The molecular formula is C20H21NO2. The molecule has 2 rings (SSSR count). The van der Waals surface area contributed by atoms with Crippen LogP contribution in [0.3, 0.4) is 0 Å². The average molecular weight is 307 g/mol. The van der Waals surface area contributed by atoms with E-state index in [1.807, 2.05) is 79.7 Å². The highest BCUT2D eigenvalue weighted by Crippen LogP contribution is 2.01. The number of benzene rings is 2. The van der Waals surface area contributed by atoms with E-state index in [4.69, 9.17) is 4.74 Å². The quantitative estimate of drug-likeness (QED) is 0.622. The fourth-order valence-corrected chi connectivity index (χ4v) is 1.99. The van der Waals surface area contributed by atoms with Crippen molar-refractivity contribution in [3.8, 4) is 0 Å². The Balaban J connectivity index is 1.71. The van der Waals surface area contributed by atoms with E-state index in [-0.39, 0.29) is 12.6 Å². The molecule has 118 valence electrons. The lowest BCUT2D eigenvalue weighted by molar-refractivity contribution is -0.136. The number of ether oxygens (including phenoxy) is 1. The van der Waals surface area contributed by atoms with Gasteiger partial charge in [-0.2, -0.15) is 0 Å². The SMILES string of the molecule is C/C(=C/C(=O)OC/C=C/c1ccccc1)NCc1ccccc1. The van der Waals surface area contributed by atoms with E-state index in [1.54, 1.807) is 0 Å². The van der Waals surface area contributed by atoms with Gasteiger partial charge in [0.2, 0.25) is 0 Å². The third-order valence-electron chi connectivity index (χ3n) is 3.18. The van der Waals surface area contributed by atoms with Crippen molar-refractivity contribution in [3.63, 3.8) is 0 Å². The third kappa shape index (κ3) is 6.66. The summed E-state index contributed by atoms with van der Waals surface area (Å²) in [5.41, 5.74) is 3.03. The molecule has 23 heavy (non-hydrogen) atoms. The lowest BCUT2D eigenvalue weighted by atomic mass is 10.2. The second-order valence-electron chi connectivity index (χ2n) is 5.11. The molecule has 2 aromatic rings. The van der Waals surface area contributed by atoms with Crippen LogP contribution >= 0.6 is 0 Å². The maximum atomic E-state index is 11.7. The Hall–Kier alpha value is -2.81. The summed E-state index contributed by atoms with van der Waals surface area (Å²) >= 11 is 0. The van der Waals surface area contributed by atoms with E-state index in [1.165, 1.54) is 11.6 Å². The molecule has 0 aliphatic carbocycles. The number of esters is 1. The van der Waals surface area contributed by atoms with Crippen LogP contribution in [0.15, 0.2) is 78.5 Å². The van der Waals surface area contributed by atoms with E-state index in [2.05, 4.69) is 5.32 Å². The predicted molar refractivity (Wildman–Crippen MR) is 93.5 cm³/mol. The topological polar surface area (TPSA) is 38.3 Å². The van der Waals surface area contributed by atoms with Gasteiger partial charge >= 0.3 is 5.97 Å². The molecule has 0 amide bonds. The van der Waals surface area contributed by atoms with E-state index in [0.29, 0.717) is 6.54 Å². The Labute approximate surface area is 137 Å². The van der Waals surface area contributed by atoms with Crippen LogP contribution in [-0.4, -0.2) is 12.6 Å². The first-order valence-electron chi connectivity index (χ1n) is 7.58. The summed E-state index contributed by atoms with van der Waals surface area (Å²) in [6, 6.07) is 19.9. The van der Waals surface area contributed by atoms with Gasteiger partial charge in [-0.1, -0.05) is 66.7 Å². The second-order valence-corrected chi connectivity index (χ2v) is 5.11. The van der Waals surface area contributed by atoms with Crippen molar-refractivity contribution in [2.75, 3.05) is 6.61 Å². The van der Waals surface area contributed by atoms with Gasteiger partial charge in [0.1, 0.15) is 6.61 Å². The molecule has 0 unspecified atom stereocenters. The summed E-state index contributed by atoms with van der Waals surface area (Å²) in [4.78, 5) is 11.7. The first kappa shape index (κ1) is 16.6. The van der Waals surface area contributed by atoms with Gasteiger partial charge in [-0.25, -0.2) is 4.79 Å². The summed E-state index contributed by atoms with van der Waals surface area (Å²) in [6.07, 6.45) is 5.23. The molecule has 0 saturated heterocycles. The summed E-state index contributed by atoms with van der Waals surface area (Å²) in [7, 11) is 0. The Morgan fingerprint density at radius 3 is 2.39 bits per heavy atom. The van der Waals surface area contributed by atoms with Crippen LogP contribution in [0, 0.1) is 0 Å². The van der Waals surface area contributed by atoms with Crippen molar-refractivity contribution in [1.82, 2.24) is 5.32 Å². The van der Waals surface area contributed by atoms with E-state index in [0.717, 1.165) is 11.3 Å². The smallest absolute Gasteiger partial charge is 0.332 e. The minimum absolute atomic E-state index is 0.260. The second kappa shape index (κ2) is 9.26. The van der Waals surface area contributed by atoms with Crippen molar-refractivity contribution in [1.29, 1.82) is 0 Å². The molecule has 0 atom stereocenters. The van der Waals surface area contributed by atoms with Crippen LogP contribution in [0.2, 0.25) is 0 Å². The molecule has 0 aromatic heterocycles. The maximum Gasteiger partial charge on any atom is 0.332 e. The van der Waals surface area contributed by atoms with Crippen LogP contribution in [0.25, 0.3) is 6.08 Å². The van der Waals surface area contributed by atoms with Crippen molar-refractivity contribution in [2.24, 2.45) is 0 Å². The van der Waals surface area contributed by atoms with Gasteiger partial charge in [-0.3, -0.25) is 0 Å². The minimum atomic E-state index is -0.347. The maximum absolute atomic E-state index is 11.7. The molecule has 0 heterocycles. The number of carbonyl (C=O) groups is 1. The van der Waals surface area contributed by atoms with Crippen LogP contribution in [0.4, 0.5) is 0 Å². The van der Waals surface area contributed by atoms with Gasteiger partial charge < -0.3 is 10.1 Å². The summed E-state index contributed by atoms with van der Waals surface area (Å²) in [6.45, 7) is 2.80. The highest BCUT2D eigenvalue weighted by Gasteiger charge is 1.98. The van der Waals surface area contributed by atoms with Crippen LogP contribution in [-0.2, 0) is 16.1 Å². The number of hydrogen-bond acceptors (Lipinski definition) is 3. The number of nitrogens with one attached hydrogen (secondary N) is 1. The van der Waals surface area contributed by atoms with Crippen molar-refractivity contribution in [2.45, 2.75) is 13.5 Å². The van der Waals surface area contributed by atoms with Gasteiger partial charge in [0.05, 0.1) is 0 Å². The standard InChI is InChI=1S/C20H21NO2/c1-17(21-16-19-11-6-3-7-12-19)15-20(22)23-14-8-13-18-9-4-2-5-10-18/h2-13,15,21H,14,16H2,1H3/b13-8+,17-15-. The van der Waals surface area contributed by atoms with Crippen molar-refractivity contribution in [3.05, 3.63) is 89.6 Å². The Morgan fingerprint density at radius 2 is 1.70 bits per heavy atom. The first-order valence-corrected chi connectivity index (χ1v) is 7.58. The molecule has 3 heteroatoms. The van der Waals surface area contributed by atoms with Gasteiger partial charge in [0.25, 0.3) is 0 Å². The van der Waals surface area contributed by atoms with Gasteiger partial charge in [0.15, 0.2) is 0 Å². The zero-order chi connectivity index (χ0) is 16.3. The molecule has 0 spiro atoms. The summed E-state index contributed by atoms with van der Waals surface area (Å²) in [5, 5.41) is 3.19. The minimum Gasteiger partial charge on any atom is -0.458 e. The van der Waals surface area contributed by atoms with Gasteiger partial charge in [-0.15, -0.1) is 0 Å². The third-order valence-corrected chi connectivity index (χ3v) is 3.18. The monoisotopic (exact) mass is 307 g/mol. The van der Waals surface area contributed by atoms with Crippen LogP contribution in [0.5, 0.6) is 0 Å². The molecular weight excluding hydrogens is 286 g/mol. The molecule has 0 saturated carbocycles. The number of allylic oxidation sites excluding steroid dienone is 1. The van der Waals surface area contributed by atoms with Crippen molar-refractivity contribution < 1.29 is 9.53 Å². The molecule has 0 radical (unpaired) electrons. The average Bonchev–Trinajstić information content (AvgIpc) is 2.59. The van der Waals surface area contributed by atoms with Gasteiger partial charge in [0, 0.05) is 18.3 Å². The summed E-state index contributed by atoms with van der Waals surface area (Å²) < 4.78 is 5.14. The van der Waals surface area contributed by atoms with E-state index in [9.17, 15) is 4.79 Å². The number of hydrogen-bond donors (Lipinski definition) is 1. The van der Waals surface area contributed by atoms with E-state index >= 15 is 0 Å². The fourth-order valence-electron chi connectivity index (χ4n) is 1.99. The molecule has 0 aliphatic rings. The number of rotatable bonds is 7.